The lowest BCUT2D eigenvalue weighted by Crippen LogP contribution is -2.31. The van der Waals surface area contributed by atoms with Crippen LogP contribution in [0, 0.1) is 0 Å². The molecule has 0 aromatic carbocycles. The summed E-state index contributed by atoms with van der Waals surface area (Å²) in [5.41, 5.74) is 0.602. The third-order valence-corrected chi connectivity index (χ3v) is 3.18. The van der Waals surface area contributed by atoms with Crippen LogP contribution in [0.2, 0.25) is 0 Å². The normalized spacial score (nSPS) is 13.1. The van der Waals surface area contributed by atoms with E-state index in [-0.39, 0.29) is 5.56 Å². The number of nitrogens with one attached hydrogen (secondary N) is 1. The lowest BCUT2D eigenvalue weighted by atomic mass is 10.2. The van der Waals surface area contributed by atoms with Gasteiger partial charge < -0.3 is 5.32 Å². The first kappa shape index (κ1) is 12.8. The molecule has 1 N–H and O–H groups in total. The zero-order chi connectivity index (χ0) is 13.1. The number of hydrogen-bond donors (Lipinski definition) is 1. The first-order chi connectivity index (χ1) is 8.63. The second-order valence-electron chi connectivity index (χ2n) is 4.51. The monoisotopic (exact) mass is 249 g/mol. The van der Waals surface area contributed by atoms with Crippen LogP contribution in [0.5, 0.6) is 0 Å². The van der Waals surface area contributed by atoms with Gasteiger partial charge in [-0.2, -0.15) is 5.10 Å². The maximum Gasteiger partial charge on any atom is 0.264 e. The highest BCUT2D eigenvalue weighted by Gasteiger charge is 2.07. The highest BCUT2D eigenvalue weighted by molar-refractivity contribution is 5.72. The molecular formula is C12H19N5O. The van der Waals surface area contributed by atoms with E-state index >= 15 is 0 Å². The molecule has 0 amide bonds. The van der Waals surface area contributed by atoms with Crippen molar-refractivity contribution in [2.24, 2.45) is 7.05 Å². The molecule has 1 unspecified atom stereocenters. The highest BCUT2D eigenvalue weighted by Crippen LogP contribution is 2.02. The fourth-order valence-corrected chi connectivity index (χ4v) is 1.80. The topological polar surface area (TPSA) is 64.7 Å². The van der Waals surface area contributed by atoms with Gasteiger partial charge in [-0.15, -0.1) is 0 Å². The summed E-state index contributed by atoms with van der Waals surface area (Å²) in [7, 11) is 1.78. The average molecular weight is 249 g/mol. The summed E-state index contributed by atoms with van der Waals surface area (Å²) >= 11 is 0. The Hall–Kier alpha value is -1.69. The van der Waals surface area contributed by atoms with E-state index in [1.165, 1.54) is 0 Å². The molecule has 0 aliphatic heterocycles. The van der Waals surface area contributed by atoms with Crippen LogP contribution in [-0.2, 0) is 13.6 Å². The molecule has 0 saturated carbocycles. The van der Waals surface area contributed by atoms with Crippen LogP contribution in [0.4, 0.5) is 0 Å². The predicted octanol–water partition coefficient (Wildman–Crippen LogP) is 0.518. The van der Waals surface area contributed by atoms with Gasteiger partial charge in [-0.05, 0) is 13.3 Å². The molecular weight excluding hydrogens is 230 g/mol. The molecule has 0 aliphatic carbocycles. The van der Waals surface area contributed by atoms with Crippen LogP contribution in [0.1, 0.15) is 20.3 Å². The molecule has 98 valence electrons. The average Bonchev–Trinajstić information content (AvgIpc) is 2.74. The molecule has 0 radical (unpaired) electrons. The SMILES string of the molecule is CCC(C)NCCn1cnc2c(cnn2C)c1=O. The van der Waals surface area contributed by atoms with Gasteiger partial charge in [0.1, 0.15) is 11.7 Å². The second kappa shape index (κ2) is 5.30. The molecule has 18 heavy (non-hydrogen) atoms. The Morgan fingerprint density at radius 1 is 1.50 bits per heavy atom. The van der Waals surface area contributed by atoms with Gasteiger partial charge in [-0.25, -0.2) is 4.98 Å². The standard InChI is InChI=1S/C12H19N5O/c1-4-9(2)13-5-6-17-8-14-11-10(12(17)18)7-15-16(11)3/h7-9,13H,4-6H2,1-3H3. The first-order valence-electron chi connectivity index (χ1n) is 6.24. The van der Waals surface area contributed by atoms with Gasteiger partial charge in [-0.1, -0.05) is 6.92 Å². The number of nitrogens with zero attached hydrogens (tertiary/aromatic N) is 4. The Balaban J connectivity index is 2.15. The Morgan fingerprint density at radius 3 is 3.00 bits per heavy atom. The molecule has 2 aromatic rings. The predicted molar refractivity (Wildman–Crippen MR) is 70.5 cm³/mol. The molecule has 0 fully saturated rings. The Bertz CT molecular complexity index is 586. The lowest BCUT2D eigenvalue weighted by Gasteiger charge is -2.11. The second-order valence-corrected chi connectivity index (χ2v) is 4.51. The zero-order valence-electron chi connectivity index (χ0n) is 11.1. The Kier molecular flexibility index (Phi) is 3.76. The van der Waals surface area contributed by atoms with Crippen molar-refractivity contribution in [2.45, 2.75) is 32.9 Å². The van der Waals surface area contributed by atoms with E-state index in [4.69, 9.17) is 0 Å². The number of rotatable bonds is 5. The van der Waals surface area contributed by atoms with Crippen LogP contribution in [0.3, 0.4) is 0 Å². The molecule has 0 spiro atoms. The van der Waals surface area contributed by atoms with Crippen molar-refractivity contribution in [3.8, 4) is 0 Å². The van der Waals surface area contributed by atoms with Crippen LogP contribution in [-0.4, -0.2) is 31.9 Å². The Morgan fingerprint density at radius 2 is 2.28 bits per heavy atom. The van der Waals surface area contributed by atoms with E-state index in [9.17, 15) is 4.79 Å². The van der Waals surface area contributed by atoms with Gasteiger partial charge in [-0.3, -0.25) is 14.0 Å². The molecule has 0 bridgehead atoms. The van der Waals surface area contributed by atoms with Gasteiger partial charge in [0.25, 0.3) is 5.56 Å². The molecule has 6 heteroatoms. The minimum absolute atomic E-state index is 0.0287. The third-order valence-electron chi connectivity index (χ3n) is 3.18. The summed E-state index contributed by atoms with van der Waals surface area (Å²) in [5, 5.41) is 7.97. The van der Waals surface area contributed by atoms with E-state index in [1.807, 2.05) is 0 Å². The molecule has 2 heterocycles. The molecule has 0 aliphatic rings. The molecule has 1 atom stereocenters. The van der Waals surface area contributed by atoms with Crippen molar-refractivity contribution in [2.75, 3.05) is 6.54 Å². The summed E-state index contributed by atoms with van der Waals surface area (Å²) in [6.45, 7) is 5.65. The van der Waals surface area contributed by atoms with Gasteiger partial charge in [0.2, 0.25) is 0 Å². The van der Waals surface area contributed by atoms with Crippen LogP contribution in [0.25, 0.3) is 11.0 Å². The minimum Gasteiger partial charge on any atom is -0.312 e. The first-order valence-corrected chi connectivity index (χ1v) is 6.24. The van der Waals surface area contributed by atoms with Crippen molar-refractivity contribution in [3.05, 3.63) is 22.9 Å². The van der Waals surface area contributed by atoms with Crippen molar-refractivity contribution >= 4 is 11.0 Å². The number of aryl methyl sites for hydroxylation is 1. The van der Waals surface area contributed by atoms with Crippen molar-refractivity contribution < 1.29 is 0 Å². The third kappa shape index (κ3) is 2.43. The van der Waals surface area contributed by atoms with Gasteiger partial charge in [0.05, 0.1) is 6.20 Å². The number of aromatic nitrogens is 4. The fraction of sp³-hybridized carbons (Fsp3) is 0.583. The molecule has 2 rings (SSSR count). The van der Waals surface area contributed by atoms with Gasteiger partial charge >= 0.3 is 0 Å². The maximum atomic E-state index is 12.1. The largest absolute Gasteiger partial charge is 0.312 e. The van der Waals surface area contributed by atoms with Crippen molar-refractivity contribution in [1.29, 1.82) is 0 Å². The van der Waals surface area contributed by atoms with Gasteiger partial charge in [0.15, 0.2) is 5.65 Å². The number of fused-ring (bicyclic) bond motifs is 1. The summed E-state index contributed by atoms with van der Waals surface area (Å²) in [4.78, 5) is 16.4. The van der Waals surface area contributed by atoms with Crippen LogP contribution < -0.4 is 10.9 Å². The lowest BCUT2D eigenvalue weighted by molar-refractivity contribution is 0.498. The maximum absolute atomic E-state index is 12.1. The van der Waals surface area contributed by atoms with Crippen LogP contribution >= 0.6 is 0 Å². The highest BCUT2D eigenvalue weighted by atomic mass is 16.1. The van der Waals surface area contributed by atoms with Gasteiger partial charge in [0, 0.05) is 26.2 Å². The summed E-state index contributed by atoms with van der Waals surface area (Å²) in [5.74, 6) is 0. The van der Waals surface area contributed by atoms with E-state index in [1.54, 1.807) is 28.8 Å². The molecule has 0 saturated heterocycles. The zero-order valence-corrected chi connectivity index (χ0v) is 11.1. The summed E-state index contributed by atoms with van der Waals surface area (Å²) in [6.07, 6.45) is 4.24. The quantitative estimate of drug-likeness (QED) is 0.839. The van der Waals surface area contributed by atoms with E-state index in [0.717, 1.165) is 13.0 Å². The van der Waals surface area contributed by atoms with Crippen LogP contribution in [0.15, 0.2) is 17.3 Å². The smallest absolute Gasteiger partial charge is 0.264 e. The van der Waals surface area contributed by atoms with E-state index in [0.29, 0.717) is 23.6 Å². The summed E-state index contributed by atoms with van der Waals surface area (Å²) < 4.78 is 3.23. The molecule has 2 aromatic heterocycles. The van der Waals surface area contributed by atoms with E-state index < -0.39 is 0 Å². The summed E-state index contributed by atoms with van der Waals surface area (Å²) in [6, 6.07) is 0.468. The minimum atomic E-state index is -0.0287. The Labute approximate surface area is 106 Å². The fourth-order valence-electron chi connectivity index (χ4n) is 1.80. The molecule has 6 nitrogen and oxygen atoms in total. The van der Waals surface area contributed by atoms with Crippen molar-refractivity contribution in [1.82, 2.24) is 24.6 Å². The van der Waals surface area contributed by atoms with E-state index in [2.05, 4.69) is 29.2 Å². The number of hydrogen-bond acceptors (Lipinski definition) is 4. The van der Waals surface area contributed by atoms with Crippen molar-refractivity contribution in [3.63, 3.8) is 0 Å².